The highest BCUT2D eigenvalue weighted by Gasteiger charge is 2.18. The second-order valence-corrected chi connectivity index (χ2v) is 6.71. The zero-order valence-corrected chi connectivity index (χ0v) is 12.2. The second kappa shape index (κ2) is 5.77. The first-order valence-electron chi connectivity index (χ1n) is 7.24. The van der Waals surface area contributed by atoms with Gasteiger partial charge in [0.25, 0.3) is 0 Å². The van der Waals surface area contributed by atoms with Crippen LogP contribution in [0.4, 0.5) is 0 Å². The Labute approximate surface area is 116 Å². The number of hydrogen-bond acceptors (Lipinski definition) is 2. The monoisotopic (exact) mass is 260 g/mol. The van der Waals surface area contributed by atoms with E-state index >= 15 is 0 Å². The fourth-order valence-electron chi connectivity index (χ4n) is 2.50. The van der Waals surface area contributed by atoms with Crippen molar-refractivity contribution in [2.75, 3.05) is 0 Å². The van der Waals surface area contributed by atoms with Gasteiger partial charge in [-0.2, -0.15) is 0 Å². The topological polar surface area (TPSA) is 26.3 Å². The fraction of sp³-hybridized carbons (Fsp3) is 0.588. The highest BCUT2D eigenvalue weighted by atomic mass is 16.5. The Morgan fingerprint density at radius 3 is 2.26 bits per heavy atom. The SMILES string of the molecule is CC(C)(C)CC(=O)c1ccc(OC2CCCC2)cc1. The quantitative estimate of drug-likeness (QED) is 0.738. The average molecular weight is 260 g/mol. The molecule has 1 aromatic carbocycles. The number of ether oxygens (including phenoxy) is 1. The summed E-state index contributed by atoms with van der Waals surface area (Å²) in [5, 5.41) is 0. The zero-order chi connectivity index (χ0) is 13.9. The Hall–Kier alpha value is -1.31. The van der Waals surface area contributed by atoms with Gasteiger partial charge in [-0.15, -0.1) is 0 Å². The van der Waals surface area contributed by atoms with Crippen LogP contribution in [0, 0.1) is 5.41 Å². The van der Waals surface area contributed by atoms with Crippen molar-refractivity contribution >= 4 is 5.78 Å². The number of ketones is 1. The van der Waals surface area contributed by atoms with E-state index in [4.69, 9.17) is 4.74 Å². The lowest BCUT2D eigenvalue weighted by Crippen LogP contribution is -2.13. The Bertz CT molecular complexity index is 420. The molecule has 2 rings (SSSR count). The van der Waals surface area contributed by atoms with Gasteiger partial charge in [0, 0.05) is 12.0 Å². The molecule has 0 unspecified atom stereocenters. The molecule has 0 radical (unpaired) electrons. The van der Waals surface area contributed by atoms with E-state index in [1.54, 1.807) is 0 Å². The van der Waals surface area contributed by atoms with Crippen LogP contribution in [0.5, 0.6) is 5.75 Å². The van der Waals surface area contributed by atoms with Crippen LogP contribution in [-0.4, -0.2) is 11.9 Å². The molecule has 2 nitrogen and oxygen atoms in total. The summed E-state index contributed by atoms with van der Waals surface area (Å²) in [6, 6.07) is 7.62. The van der Waals surface area contributed by atoms with Gasteiger partial charge in [0.2, 0.25) is 0 Å². The molecule has 0 saturated heterocycles. The molecule has 0 spiro atoms. The molecule has 1 saturated carbocycles. The molecule has 0 aromatic heterocycles. The third kappa shape index (κ3) is 4.38. The average Bonchev–Trinajstić information content (AvgIpc) is 2.80. The highest BCUT2D eigenvalue weighted by molar-refractivity contribution is 5.96. The van der Waals surface area contributed by atoms with Crippen molar-refractivity contribution in [2.24, 2.45) is 5.41 Å². The van der Waals surface area contributed by atoms with Crippen molar-refractivity contribution in [1.82, 2.24) is 0 Å². The highest BCUT2D eigenvalue weighted by Crippen LogP contribution is 2.25. The summed E-state index contributed by atoms with van der Waals surface area (Å²) in [7, 11) is 0. The van der Waals surface area contributed by atoms with E-state index < -0.39 is 0 Å². The minimum absolute atomic E-state index is 0.0378. The van der Waals surface area contributed by atoms with Crippen LogP contribution < -0.4 is 4.74 Å². The van der Waals surface area contributed by atoms with Gasteiger partial charge in [-0.05, 0) is 55.4 Å². The molecule has 1 fully saturated rings. The van der Waals surface area contributed by atoms with Crippen molar-refractivity contribution in [3.05, 3.63) is 29.8 Å². The Balaban J connectivity index is 1.95. The predicted molar refractivity (Wildman–Crippen MR) is 77.7 cm³/mol. The van der Waals surface area contributed by atoms with Crippen molar-refractivity contribution in [3.63, 3.8) is 0 Å². The van der Waals surface area contributed by atoms with Crippen LogP contribution in [0.15, 0.2) is 24.3 Å². The van der Waals surface area contributed by atoms with Crippen molar-refractivity contribution < 1.29 is 9.53 Å². The maximum Gasteiger partial charge on any atom is 0.163 e. The van der Waals surface area contributed by atoms with Gasteiger partial charge in [0.05, 0.1) is 6.10 Å². The number of hydrogen-bond donors (Lipinski definition) is 0. The number of rotatable bonds is 4. The maximum absolute atomic E-state index is 12.1. The van der Waals surface area contributed by atoms with E-state index in [9.17, 15) is 4.79 Å². The van der Waals surface area contributed by atoms with Crippen LogP contribution in [0.1, 0.15) is 63.2 Å². The third-order valence-corrected chi connectivity index (χ3v) is 3.47. The molecular formula is C17H24O2. The minimum Gasteiger partial charge on any atom is -0.490 e. The Morgan fingerprint density at radius 2 is 1.74 bits per heavy atom. The number of carbonyl (C=O) groups excluding carboxylic acids is 1. The summed E-state index contributed by atoms with van der Waals surface area (Å²) in [5.74, 6) is 1.10. The summed E-state index contributed by atoms with van der Waals surface area (Å²) in [6.45, 7) is 6.26. The molecule has 1 aliphatic carbocycles. The molecule has 0 amide bonds. The summed E-state index contributed by atoms with van der Waals surface area (Å²) in [4.78, 5) is 12.1. The molecule has 0 heterocycles. The molecule has 1 aliphatic rings. The predicted octanol–water partition coefficient (Wildman–Crippen LogP) is 4.63. The third-order valence-electron chi connectivity index (χ3n) is 3.47. The normalized spacial score (nSPS) is 16.6. The number of carbonyl (C=O) groups is 1. The lowest BCUT2D eigenvalue weighted by Gasteiger charge is -2.17. The molecule has 104 valence electrons. The summed E-state index contributed by atoms with van der Waals surface area (Å²) in [5.41, 5.74) is 0.824. The fourth-order valence-corrected chi connectivity index (χ4v) is 2.50. The molecule has 0 bridgehead atoms. The lowest BCUT2D eigenvalue weighted by molar-refractivity contribution is 0.0940. The van der Waals surface area contributed by atoms with E-state index in [-0.39, 0.29) is 11.2 Å². The van der Waals surface area contributed by atoms with Crippen LogP contribution in [-0.2, 0) is 0 Å². The van der Waals surface area contributed by atoms with E-state index in [0.717, 1.165) is 24.2 Å². The summed E-state index contributed by atoms with van der Waals surface area (Å²) >= 11 is 0. The second-order valence-electron chi connectivity index (χ2n) is 6.71. The van der Waals surface area contributed by atoms with Gasteiger partial charge in [-0.25, -0.2) is 0 Å². The van der Waals surface area contributed by atoms with Crippen LogP contribution >= 0.6 is 0 Å². The van der Waals surface area contributed by atoms with Crippen LogP contribution in [0.2, 0.25) is 0 Å². The van der Waals surface area contributed by atoms with Gasteiger partial charge < -0.3 is 4.74 Å². The molecule has 2 heteroatoms. The van der Waals surface area contributed by atoms with E-state index in [2.05, 4.69) is 20.8 Å². The first kappa shape index (κ1) is 14.1. The molecule has 0 atom stereocenters. The Morgan fingerprint density at radius 1 is 1.16 bits per heavy atom. The first-order chi connectivity index (χ1) is 8.94. The van der Waals surface area contributed by atoms with Gasteiger partial charge in [-0.1, -0.05) is 20.8 Å². The minimum atomic E-state index is 0.0378. The van der Waals surface area contributed by atoms with E-state index in [1.165, 1.54) is 12.8 Å². The van der Waals surface area contributed by atoms with Gasteiger partial charge in [-0.3, -0.25) is 4.79 Å². The largest absolute Gasteiger partial charge is 0.490 e. The lowest BCUT2D eigenvalue weighted by atomic mass is 9.88. The van der Waals surface area contributed by atoms with Gasteiger partial charge in [0.1, 0.15) is 5.75 Å². The molecule has 0 N–H and O–H groups in total. The summed E-state index contributed by atoms with van der Waals surface area (Å²) < 4.78 is 5.90. The van der Waals surface area contributed by atoms with Crippen LogP contribution in [0.3, 0.4) is 0 Å². The first-order valence-corrected chi connectivity index (χ1v) is 7.24. The van der Waals surface area contributed by atoms with Gasteiger partial charge in [0.15, 0.2) is 5.78 Å². The van der Waals surface area contributed by atoms with Crippen molar-refractivity contribution in [2.45, 2.75) is 59.0 Å². The van der Waals surface area contributed by atoms with Crippen molar-refractivity contribution in [3.8, 4) is 5.75 Å². The van der Waals surface area contributed by atoms with E-state index in [0.29, 0.717) is 12.5 Å². The number of benzene rings is 1. The molecule has 19 heavy (non-hydrogen) atoms. The molecule has 0 aliphatic heterocycles. The summed E-state index contributed by atoms with van der Waals surface area (Å²) in [6.07, 6.45) is 5.81. The number of Topliss-reactive ketones (excluding diaryl/α,β-unsaturated/α-hetero) is 1. The molecular weight excluding hydrogens is 236 g/mol. The molecule has 1 aromatic rings. The van der Waals surface area contributed by atoms with Crippen LogP contribution in [0.25, 0.3) is 0 Å². The van der Waals surface area contributed by atoms with E-state index in [1.807, 2.05) is 24.3 Å². The van der Waals surface area contributed by atoms with Crippen molar-refractivity contribution in [1.29, 1.82) is 0 Å². The zero-order valence-electron chi connectivity index (χ0n) is 12.2. The Kier molecular flexibility index (Phi) is 4.28. The smallest absolute Gasteiger partial charge is 0.163 e. The maximum atomic E-state index is 12.1. The van der Waals surface area contributed by atoms with Gasteiger partial charge >= 0.3 is 0 Å². The standard InChI is InChI=1S/C17H24O2/c1-17(2,3)12-16(18)13-8-10-15(11-9-13)19-14-6-4-5-7-14/h8-11,14H,4-7,12H2,1-3H3.